The Labute approximate surface area is 113 Å². The van der Waals surface area contributed by atoms with Gasteiger partial charge in [-0.05, 0) is 26.3 Å². The van der Waals surface area contributed by atoms with E-state index in [4.69, 9.17) is 4.74 Å². The molecule has 1 aliphatic rings. The van der Waals surface area contributed by atoms with Gasteiger partial charge in [-0.25, -0.2) is 9.18 Å². The molecule has 0 radical (unpaired) electrons. The fourth-order valence-electron chi connectivity index (χ4n) is 1.89. The number of carbonyl (C=O) groups excluding carboxylic acids is 1. The zero-order valence-corrected chi connectivity index (χ0v) is 11.6. The standard InChI is InChI=1S/C15H20FNO2/c1-15(2,3)19-14(18)17(13-9-12(13)16)10-11-7-5-4-6-8-11/h4-8,12-13H,9-10H2,1-3H3/t12-,13-/m1/s1. The van der Waals surface area contributed by atoms with Crippen molar-refractivity contribution in [3.63, 3.8) is 0 Å². The molecule has 0 unspecified atom stereocenters. The summed E-state index contributed by atoms with van der Waals surface area (Å²) >= 11 is 0. The topological polar surface area (TPSA) is 29.5 Å². The van der Waals surface area contributed by atoms with Crippen LogP contribution in [0, 0.1) is 0 Å². The van der Waals surface area contributed by atoms with Crippen LogP contribution in [0.3, 0.4) is 0 Å². The van der Waals surface area contributed by atoms with E-state index in [1.165, 1.54) is 4.90 Å². The highest BCUT2D eigenvalue weighted by atomic mass is 19.1. The van der Waals surface area contributed by atoms with Crippen LogP contribution < -0.4 is 0 Å². The van der Waals surface area contributed by atoms with Gasteiger partial charge in [0.15, 0.2) is 0 Å². The van der Waals surface area contributed by atoms with E-state index in [0.717, 1.165) is 5.56 Å². The molecule has 1 saturated carbocycles. The zero-order valence-electron chi connectivity index (χ0n) is 11.6. The first-order valence-corrected chi connectivity index (χ1v) is 6.54. The number of nitrogens with zero attached hydrogens (tertiary/aromatic N) is 1. The van der Waals surface area contributed by atoms with Gasteiger partial charge in [-0.3, -0.25) is 4.90 Å². The van der Waals surface area contributed by atoms with E-state index in [1.54, 1.807) is 0 Å². The number of ether oxygens (including phenoxy) is 1. The third-order valence-corrected chi connectivity index (χ3v) is 2.91. The first kappa shape index (κ1) is 13.8. The molecule has 1 aromatic carbocycles. The second-order valence-electron chi connectivity index (χ2n) is 5.91. The van der Waals surface area contributed by atoms with Crippen LogP contribution >= 0.6 is 0 Å². The molecule has 0 N–H and O–H groups in total. The summed E-state index contributed by atoms with van der Waals surface area (Å²) in [6, 6.07) is 9.23. The molecule has 2 rings (SSSR count). The van der Waals surface area contributed by atoms with Gasteiger partial charge in [0.2, 0.25) is 0 Å². The van der Waals surface area contributed by atoms with E-state index in [1.807, 2.05) is 51.1 Å². The molecule has 1 aromatic rings. The molecule has 0 spiro atoms. The van der Waals surface area contributed by atoms with Crippen LogP contribution in [0.2, 0.25) is 0 Å². The molecule has 3 nitrogen and oxygen atoms in total. The number of rotatable bonds is 3. The summed E-state index contributed by atoms with van der Waals surface area (Å²) in [5.41, 5.74) is 0.416. The van der Waals surface area contributed by atoms with Gasteiger partial charge in [0.05, 0.1) is 6.04 Å². The number of hydrogen-bond donors (Lipinski definition) is 0. The zero-order chi connectivity index (χ0) is 14.0. The van der Waals surface area contributed by atoms with Crippen molar-refractivity contribution >= 4 is 6.09 Å². The Bertz CT molecular complexity index is 441. The lowest BCUT2D eigenvalue weighted by atomic mass is 10.2. The lowest BCUT2D eigenvalue weighted by Gasteiger charge is -2.27. The largest absolute Gasteiger partial charge is 0.444 e. The van der Waals surface area contributed by atoms with E-state index in [2.05, 4.69) is 0 Å². The lowest BCUT2D eigenvalue weighted by molar-refractivity contribution is 0.0201. The van der Waals surface area contributed by atoms with Gasteiger partial charge in [-0.1, -0.05) is 30.3 Å². The molecule has 104 valence electrons. The van der Waals surface area contributed by atoms with E-state index < -0.39 is 17.9 Å². The van der Waals surface area contributed by atoms with E-state index >= 15 is 0 Å². The van der Waals surface area contributed by atoms with Gasteiger partial charge in [0.25, 0.3) is 0 Å². The van der Waals surface area contributed by atoms with Gasteiger partial charge < -0.3 is 4.74 Å². The molecule has 4 heteroatoms. The van der Waals surface area contributed by atoms with Crippen LogP contribution in [0.15, 0.2) is 30.3 Å². The summed E-state index contributed by atoms with van der Waals surface area (Å²) in [5, 5.41) is 0. The predicted octanol–water partition coefficient (Wildman–Crippen LogP) is 3.53. The molecule has 1 aliphatic carbocycles. The minimum atomic E-state index is -0.920. The van der Waals surface area contributed by atoms with Crippen LogP contribution in [-0.2, 0) is 11.3 Å². The monoisotopic (exact) mass is 265 g/mol. The molecular formula is C15H20FNO2. The van der Waals surface area contributed by atoms with Crippen molar-refractivity contribution in [1.29, 1.82) is 0 Å². The predicted molar refractivity (Wildman–Crippen MR) is 71.5 cm³/mol. The fraction of sp³-hybridized carbons (Fsp3) is 0.533. The normalized spacial score (nSPS) is 21.9. The van der Waals surface area contributed by atoms with Crippen molar-refractivity contribution in [1.82, 2.24) is 4.90 Å². The average molecular weight is 265 g/mol. The van der Waals surface area contributed by atoms with Gasteiger partial charge in [0, 0.05) is 13.0 Å². The summed E-state index contributed by atoms with van der Waals surface area (Å²) in [6.07, 6.45) is -0.954. The third-order valence-electron chi connectivity index (χ3n) is 2.91. The third kappa shape index (κ3) is 3.94. The van der Waals surface area contributed by atoms with Crippen LogP contribution in [-0.4, -0.2) is 28.8 Å². The van der Waals surface area contributed by atoms with Crippen molar-refractivity contribution in [2.45, 2.75) is 51.6 Å². The van der Waals surface area contributed by atoms with Crippen molar-refractivity contribution < 1.29 is 13.9 Å². The summed E-state index contributed by atoms with van der Waals surface area (Å²) in [5.74, 6) is 0. The van der Waals surface area contributed by atoms with E-state index in [9.17, 15) is 9.18 Å². The molecule has 0 heterocycles. The Morgan fingerprint density at radius 3 is 2.42 bits per heavy atom. The van der Waals surface area contributed by atoms with Gasteiger partial charge in [0.1, 0.15) is 11.8 Å². The number of halogens is 1. The van der Waals surface area contributed by atoms with E-state index in [0.29, 0.717) is 13.0 Å². The van der Waals surface area contributed by atoms with E-state index in [-0.39, 0.29) is 6.04 Å². The maximum atomic E-state index is 13.3. The summed E-state index contributed by atoms with van der Waals surface area (Å²) < 4.78 is 18.6. The maximum Gasteiger partial charge on any atom is 0.410 e. The molecule has 1 fully saturated rings. The van der Waals surface area contributed by atoms with Crippen LogP contribution in [0.25, 0.3) is 0 Å². The van der Waals surface area contributed by atoms with Crippen molar-refractivity contribution in [2.24, 2.45) is 0 Å². The Hall–Kier alpha value is -1.58. The summed E-state index contributed by atoms with van der Waals surface area (Å²) in [4.78, 5) is 13.6. The van der Waals surface area contributed by atoms with Gasteiger partial charge >= 0.3 is 6.09 Å². The highest BCUT2D eigenvalue weighted by Crippen LogP contribution is 2.33. The molecule has 2 atom stereocenters. The Morgan fingerprint density at radius 2 is 1.95 bits per heavy atom. The van der Waals surface area contributed by atoms with Gasteiger partial charge in [-0.15, -0.1) is 0 Å². The summed E-state index contributed by atoms with van der Waals surface area (Å²) in [6.45, 7) is 5.82. The number of amides is 1. The Kier molecular flexibility index (Phi) is 3.78. The quantitative estimate of drug-likeness (QED) is 0.836. The molecular weight excluding hydrogens is 245 g/mol. The van der Waals surface area contributed by atoms with Crippen molar-refractivity contribution in [2.75, 3.05) is 0 Å². The van der Waals surface area contributed by atoms with Crippen molar-refractivity contribution in [3.8, 4) is 0 Å². The van der Waals surface area contributed by atoms with Crippen LogP contribution in [0.1, 0.15) is 32.8 Å². The highest BCUT2D eigenvalue weighted by molar-refractivity contribution is 5.69. The molecule has 0 bridgehead atoms. The molecule has 0 aromatic heterocycles. The first-order chi connectivity index (χ1) is 8.87. The maximum absolute atomic E-state index is 13.3. The average Bonchev–Trinajstić information content (AvgIpc) is 3.02. The number of carbonyl (C=O) groups is 1. The van der Waals surface area contributed by atoms with Crippen LogP contribution in [0.5, 0.6) is 0 Å². The Balaban J connectivity index is 2.06. The molecule has 0 aliphatic heterocycles. The smallest absolute Gasteiger partial charge is 0.410 e. The second-order valence-corrected chi connectivity index (χ2v) is 5.91. The fourth-order valence-corrected chi connectivity index (χ4v) is 1.89. The molecule has 1 amide bonds. The van der Waals surface area contributed by atoms with Gasteiger partial charge in [-0.2, -0.15) is 0 Å². The highest BCUT2D eigenvalue weighted by Gasteiger charge is 2.45. The SMILES string of the molecule is CC(C)(C)OC(=O)N(Cc1ccccc1)[C@@H]1C[C@H]1F. The minimum Gasteiger partial charge on any atom is -0.444 e. The van der Waals surface area contributed by atoms with Crippen LogP contribution in [0.4, 0.5) is 9.18 Å². The molecule has 0 saturated heterocycles. The second kappa shape index (κ2) is 5.19. The summed E-state index contributed by atoms with van der Waals surface area (Å²) in [7, 11) is 0. The number of hydrogen-bond acceptors (Lipinski definition) is 2. The lowest BCUT2D eigenvalue weighted by Crippen LogP contribution is -2.38. The van der Waals surface area contributed by atoms with Crippen molar-refractivity contribution in [3.05, 3.63) is 35.9 Å². The first-order valence-electron chi connectivity index (χ1n) is 6.54. The number of benzene rings is 1. The molecule has 19 heavy (non-hydrogen) atoms. The number of alkyl halides is 1. The minimum absolute atomic E-state index is 0.338. The Morgan fingerprint density at radius 1 is 1.37 bits per heavy atom.